The van der Waals surface area contributed by atoms with Gasteiger partial charge in [-0.15, -0.1) is 0 Å². The second-order valence-corrected chi connectivity index (χ2v) is 6.45. The molecule has 0 aromatic heterocycles. The quantitative estimate of drug-likeness (QED) is 0.340. The lowest BCUT2D eigenvalue weighted by Crippen LogP contribution is -2.36. The lowest BCUT2D eigenvalue weighted by Gasteiger charge is -2.09. The summed E-state index contributed by atoms with van der Waals surface area (Å²) in [6, 6.07) is 4.25. The van der Waals surface area contributed by atoms with E-state index in [9.17, 15) is 23.3 Å². The number of hydrogen-bond donors (Lipinski definition) is 3. The molecule has 9 nitrogen and oxygen atoms in total. The zero-order valence-electron chi connectivity index (χ0n) is 12.0. The van der Waals surface area contributed by atoms with Gasteiger partial charge in [-0.2, -0.15) is 0 Å². The Morgan fingerprint density at radius 1 is 1.32 bits per heavy atom. The molecule has 0 aliphatic carbocycles. The summed E-state index contributed by atoms with van der Waals surface area (Å²) < 4.78 is 26.1. The van der Waals surface area contributed by atoms with E-state index >= 15 is 0 Å². The molecule has 122 valence electrons. The number of rotatable bonds is 8. The molecular weight excluding hydrogens is 312 g/mol. The monoisotopic (exact) mass is 330 g/mol. The first-order valence-electron chi connectivity index (χ1n) is 6.49. The summed E-state index contributed by atoms with van der Waals surface area (Å²) in [5, 5.41) is 13.0. The first kappa shape index (κ1) is 18.0. The minimum Gasteiger partial charge on any atom is -0.355 e. The number of nitro groups is 1. The summed E-state index contributed by atoms with van der Waals surface area (Å²) in [4.78, 5) is 21.1. The van der Waals surface area contributed by atoms with Gasteiger partial charge in [0.05, 0.1) is 9.82 Å². The Kier molecular flexibility index (Phi) is 6.40. The number of nitrogens with one attached hydrogen (secondary N) is 2. The molecule has 0 aliphatic heterocycles. The highest BCUT2D eigenvalue weighted by molar-refractivity contribution is 7.89. The maximum absolute atomic E-state index is 11.9. The summed E-state index contributed by atoms with van der Waals surface area (Å²) in [5.74, 6) is -0.260. The van der Waals surface area contributed by atoms with Crippen molar-refractivity contribution in [1.82, 2.24) is 10.0 Å². The maximum atomic E-state index is 11.9. The van der Waals surface area contributed by atoms with Crippen LogP contribution in [-0.4, -0.2) is 38.4 Å². The van der Waals surface area contributed by atoms with E-state index in [-0.39, 0.29) is 42.0 Å². The molecule has 0 fully saturated rings. The van der Waals surface area contributed by atoms with Crippen molar-refractivity contribution in [3.8, 4) is 0 Å². The molecule has 10 heteroatoms. The van der Waals surface area contributed by atoms with Crippen LogP contribution in [0.1, 0.15) is 13.3 Å². The number of hydrogen-bond acceptors (Lipinski definition) is 6. The summed E-state index contributed by atoms with van der Waals surface area (Å²) in [7, 11) is -3.77. The second kappa shape index (κ2) is 7.82. The van der Waals surface area contributed by atoms with Gasteiger partial charge < -0.3 is 11.1 Å². The van der Waals surface area contributed by atoms with Crippen molar-refractivity contribution < 1.29 is 18.1 Å². The number of nitro benzene ring substituents is 1. The van der Waals surface area contributed by atoms with Gasteiger partial charge in [0.1, 0.15) is 0 Å². The third kappa shape index (κ3) is 5.76. The molecule has 0 aliphatic rings. The first-order chi connectivity index (χ1) is 10.2. The van der Waals surface area contributed by atoms with Gasteiger partial charge in [0.15, 0.2) is 0 Å². The molecule has 1 unspecified atom stereocenters. The van der Waals surface area contributed by atoms with Crippen LogP contribution in [0.3, 0.4) is 0 Å². The average Bonchev–Trinajstić information content (AvgIpc) is 2.43. The topological polar surface area (TPSA) is 144 Å². The first-order valence-corrected chi connectivity index (χ1v) is 7.97. The van der Waals surface area contributed by atoms with E-state index in [4.69, 9.17) is 5.73 Å². The van der Waals surface area contributed by atoms with Crippen LogP contribution in [0.25, 0.3) is 0 Å². The van der Waals surface area contributed by atoms with E-state index < -0.39 is 14.9 Å². The second-order valence-electron chi connectivity index (χ2n) is 4.68. The summed E-state index contributed by atoms with van der Waals surface area (Å²) in [6.07, 6.45) is 0.162. The van der Waals surface area contributed by atoms with Gasteiger partial charge in [0.25, 0.3) is 5.69 Å². The van der Waals surface area contributed by atoms with Crippen LogP contribution < -0.4 is 15.8 Å². The van der Waals surface area contributed by atoms with Gasteiger partial charge in [-0.1, -0.05) is 0 Å². The molecule has 1 aromatic carbocycles. The van der Waals surface area contributed by atoms with Gasteiger partial charge >= 0.3 is 0 Å². The summed E-state index contributed by atoms with van der Waals surface area (Å²) in [5.41, 5.74) is 5.26. The highest BCUT2D eigenvalue weighted by atomic mass is 32.2. The molecule has 1 rings (SSSR count). The fraction of sp³-hybridized carbons (Fsp3) is 0.417. The fourth-order valence-corrected chi connectivity index (χ4v) is 2.61. The Morgan fingerprint density at radius 3 is 2.41 bits per heavy atom. The molecule has 1 aromatic rings. The SMILES string of the molecule is CC(N)CC(=O)NCCNS(=O)(=O)c1ccc([N+](=O)[O-])cc1. The average molecular weight is 330 g/mol. The van der Waals surface area contributed by atoms with Gasteiger partial charge in [-0.05, 0) is 19.1 Å². The normalized spacial score (nSPS) is 12.6. The van der Waals surface area contributed by atoms with Crippen LogP contribution in [0.5, 0.6) is 0 Å². The van der Waals surface area contributed by atoms with Gasteiger partial charge in [-0.3, -0.25) is 14.9 Å². The maximum Gasteiger partial charge on any atom is 0.269 e. The van der Waals surface area contributed by atoms with Crippen molar-refractivity contribution in [2.75, 3.05) is 13.1 Å². The minimum atomic E-state index is -3.77. The van der Waals surface area contributed by atoms with E-state index in [1.807, 2.05) is 0 Å². The largest absolute Gasteiger partial charge is 0.355 e. The molecule has 0 saturated carbocycles. The predicted molar refractivity (Wildman–Crippen MR) is 79.6 cm³/mol. The Balaban J connectivity index is 2.50. The van der Waals surface area contributed by atoms with Crippen molar-refractivity contribution in [3.63, 3.8) is 0 Å². The zero-order valence-corrected chi connectivity index (χ0v) is 12.8. The van der Waals surface area contributed by atoms with Crippen LogP contribution >= 0.6 is 0 Å². The molecule has 0 saturated heterocycles. The number of nitrogens with two attached hydrogens (primary N) is 1. The van der Waals surface area contributed by atoms with Crippen molar-refractivity contribution >= 4 is 21.6 Å². The minimum absolute atomic E-state index is 0.00398. The van der Waals surface area contributed by atoms with E-state index in [2.05, 4.69) is 10.0 Å². The van der Waals surface area contributed by atoms with Crippen molar-refractivity contribution in [3.05, 3.63) is 34.4 Å². The molecule has 0 heterocycles. The highest BCUT2D eigenvalue weighted by Gasteiger charge is 2.15. The standard InChI is InChI=1S/C12H18N4O5S/c1-9(13)8-12(17)14-6-7-15-22(20,21)11-4-2-10(3-5-11)16(18)19/h2-5,9,15H,6-8,13H2,1H3,(H,14,17). The zero-order chi connectivity index (χ0) is 16.8. The van der Waals surface area contributed by atoms with E-state index in [1.165, 1.54) is 0 Å². The number of amides is 1. The van der Waals surface area contributed by atoms with E-state index in [0.29, 0.717) is 0 Å². The lowest BCUT2D eigenvalue weighted by atomic mass is 10.2. The number of non-ortho nitro benzene ring substituents is 1. The Bertz CT molecular complexity index is 627. The molecule has 22 heavy (non-hydrogen) atoms. The number of sulfonamides is 1. The van der Waals surface area contributed by atoms with Gasteiger partial charge in [0.2, 0.25) is 15.9 Å². The molecule has 1 amide bonds. The third-order valence-electron chi connectivity index (χ3n) is 2.60. The van der Waals surface area contributed by atoms with Crippen LogP contribution in [0.4, 0.5) is 5.69 Å². The highest BCUT2D eigenvalue weighted by Crippen LogP contribution is 2.15. The van der Waals surface area contributed by atoms with Crippen LogP contribution in [-0.2, 0) is 14.8 Å². The van der Waals surface area contributed by atoms with Gasteiger partial charge in [-0.25, -0.2) is 13.1 Å². The Morgan fingerprint density at radius 2 is 1.91 bits per heavy atom. The predicted octanol–water partition coefficient (Wildman–Crippen LogP) is -0.273. The van der Waals surface area contributed by atoms with Crippen LogP contribution in [0, 0.1) is 10.1 Å². The number of nitrogens with zero attached hydrogens (tertiary/aromatic N) is 1. The Labute approximate surface area is 128 Å². The van der Waals surface area contributed by atoms with Crippen molar-refractivity contribution in [2.24, 2.45) is 5.73 Å². The molecule has 1 atom stereocenters. The van der Waals surface area contributed by atoms with E-state index in [1.54, 1.807) is 6.92 Å². The summed E-state index contributed by atoms with van der Waals surface area (Å²) >= 11 is 0. The number of benzene rings is 1. The number of carbonyl (C=O) groups is 1. The molecule has 0 radical (unpaired) electrons. The van der Waals surface area contributed by atoms with Gasteiger partial charge in [0, 0.05) is 37.7 Å². The number of carbonyl (C=O) groups excluding carboxylic acids is 1. The van der Waals surface area contributed by atoms with Crippen molar-refractivity contribution in [2.45, 2.75) is 24.3 Å². The third-order valence-corrected chi connectivity index (χ3v) is 4.08. The molecule has 0 spiro atoms. The van der Waals surface area contributed by atoms with Crippen LogP contribution in [0.15, 0.2) is 29.2 Å². The van der Waals surface area contributed by atoms with Crippen molar-refractivity contribution in [1.29, 1.82) is 0 Å². The smallest absolute Gasteiger partial charge is 0.269 e. The Hall–Kier alpha value is -2.04. The molecule has 0 bridgehead atoms. The lowest BCUT2D eigenvalue weighted by molar-refractivity contribution is -0.384. The molecule has 4 N–H and O–H groups in total. The fourth-order valence-electron chi connectivity index (χ4n) is 1.58. The summed E-state index contributed by atoms with van der Waals surface area (Å²) in [6.45, 7) is 1.82. The molecular formula is C12H18N4O5S. The van der Waals surface area contributed by atoms with E-state index in [0.717, 1.165) is 24.3 Å². The van der Waals surface area contributed by atoms with Crippen LogP contribution in [0.2, 0.25) is 0 Å².